The highest BCUT2D eigenvalue weighted by molar-refractivity contribution is 8.00. The van der Waals surface area contributed by atoms with Crippen LogP contribution in [-0.4, -0.2) is 57.1 Å². The molecule has 1 aromatic heterocycles. The number of hydrogen-bond acceptors (Lipinski definition) is 8. The van der Waals surface area contributed by atoms with Crippen molar-refractivity contribution in [3.05, 3.63) is 86.8 Å². The average Bonchev–Trinajstić information content (AvgIpc) is 3.79. The molecule has 3 N–H and O–H groups in total. The summed E-state index contributed by atoms with van der Waals surface area (Å²) < 4.78 is 6.19. The van der Waals surface area contributed by atoms with E-state index in [1.165, 1.54) is 4.90 Å². The summed E-state index contributed by atoms with van der Waals surface area (Å²) in [6, 6.07) is 21.2. The molecular formula is C35H31N3O7S2. The number of nitrogens with zero attached hydrogens (tertiary/aromatic N) is 1. The van der Waals surface area contributed by atoms with E-state index in [1.54, 1.807) is 11.8 Å². The molecule has 3 heterocycles. The number of ether oxygens (including phenoxy) is 1. The van der Waals surface area contributed by atoms with E-state index in [1.807, 2.05) is 66.7 Å². The maximum atomic E-state index is 13.7. The molecule has 2 saturated carbocycles. The van der Waals surface area contributed by atoms with Crippen molar-refractivity contribution in [3.63, 3.8) is 0 Å². The lowest BCUT2D eigenvalue weighted by Gasteiger charge is -2.43. The quantitative estimate of drug-likeness (QED) is 0.213. The minimum atomic E-state index is -0.957. The maximum absolute atomic E-state index is 13.7. The number of imide groups is 1. The Morgan fingerprint density at radius 1 is 0.957 bits per heavy atom. The third kappa shape index (κ3) is 5.05. The topological polar surface area (TPSA) is 146 Å². The molecule has 2 aliphatic heterocycles. The summed E-state index contributed by atoms with van der Waals surface area (Å²) in [4.78, 5) is 69.1. The van der Waals surface area contributed by atoms with Crippen LogP contribution in [0.1, 0.15) is 35.6 Å². The highest BCUT2D eigenvalue weighted by Gasteiger charge is 2.69. The third-order valence-corrected chi connectivity index (χ3v) is 12.8. The number of hydrogen-bond donors (Lipinski definition) is 3. The van der Waals surface area contributed by atoms with Gasteiger partial charge in [-0.3, -0.25) is 28.9 Å². The number of thioether (sulfide) groups is 1. The summed E-state index contributed by atoms with van der Waals surface area (Å²) in [5, 5.41) is 14.9. The van der Waals surface area contributed by atoms with Crippen LogP contribution in [0.25, 0.3) is 10.8 Å². The molecule has 4 aliphatic rings. The minimum Gasteiger partial charge on any atom is -0.483 e. The average molecular weight is 670 g/mol. The van der Waals surface area contributed by atoms with Crippen molar-refractivity contribution in [2.24, 2.45) is 29.6 Å². The van der Waals surface area contributed by atoms with E-state index in [4.69, 9.17) is 9.84 Å². The number of rotatable bonds is 9. The Bertz CT molecular complexity index is 2010. The summed E-state index contributed by atoms with van der Waals surface area (Å²) in [5.74, 6) is -2.43. The zero-order chi connectivity index (χ0) is 32.4. The number of H-pyrrole nitrogens is 1. The molecule has 3 amide bonds. The normalized spacial score (nSPS) is 27.1. The molecule has 0 spiro atoms. The number of nitrogens with one attached hydrogen (secondary N) is 2. The van der Waals surface area contributed by atoms with Gasteiger partial charge >= 0.3 is 10.8 Å². The summed E-state index contributed by atoms with van der Waals surface area (Å²) in [5.41, 5.74) is 1.51. The second-order valence-electron chi connectivity index (χ2n) is 12.7. The monoisotopic (exact) mass is 669 g/mol. The first-order valence-electron chi connectivity index (χ1n) is 15.8. The number of carboxylic acid groups (broad SMARTS) is 1. The van der Waals surface area contributed by atoms with Gasteiger partial charge in [0.25, 0.3) is 5.91 Å². The molecule has 2 aliphatic carbocycles. The number of carboxylic acids is 1. The van der Waals surface area contributed by atoms with Gasteiger partial charge in [-0.2, -0.15) is 0 Å². The lowest BCUT2D eigenvalue weighted by molar-refractivity contribution is -0.142. The molecule has 0 radical (unpaired) electrons. The van der Waals surface area contributed by atoms with Gasteiger partial charge < -0.3 is 20.1 Å². The first kappa shape index (κ1) is 29.9. The van der Waals surface area contributed by atoms with E-state index in [0.717, 1.165) is 44.0 Å². The number of benzene rings is 3. The Labute approximate surface area is 277 Å². The number of likely N-dealkylation sites (tertiary alicyclic amines) is 1. The Morgan fingerprint density at radius 2 is 1.70 bits per heavy atom. The fraction of sp³-hybridized carbons (Fsp3) is 0.343. The van der Waals surface area contributed by atoms with Crippen molar-refractivity contribution in [3.8, 4) is 5.75 Å². The minimum absolute atomic E-state index is 0.00368. The van der Waals surface area contributed by atoms with Crippen molar-refractivity contribution < 1.29 is 29.0 Å². The van der Waals surface area contributed by atoms with Crippen LogP contribution in [0.2, 0.25) is 0 Å². The number of aliphatic carboxylic acids is 1. The third-order valence-electron chi connectivity index (χ3n) is 10.2. The zero-order valence-electron chi connectivity index (χ0n) is 25.1. The molecule has 47 heavy (non-hydrogen) atoms. The number of amides is 3. The number of carbonyl (C=O) groups excluding carboxylic acids is 3. The first-order valence-corrected chi connectivity index (χ1v) is 17.4. The fourth-order valence-electron chi connectivity index (χ4n) is 8.51. The number of thiazole rings is 1. The van der Waals surface area contributed by atoms with Gasteiger partial charge in [-0.25, -0.2) is 0 Å². The molecule has 3 fully saturated rings. The number of para-hydroxylation sites is 1. The van der Waals surface area contributed by atoms with E-state index >= 15 is 0 Å². The van der Waals surface area contributed by atoms with Gasteiger partial charge in [0.05, 0.1) is 16.9 Å². The summed E-state index contributed by atoms with van der Waals surface area (Å²) in [6.07, 6.45) is 0.863. The zero-order valence-corrected chi connectivity index (χ0v) is 26.7. The molecule has 3 aromatic carbocycles. The van der Waals surface area contributed by atoms with Crippen LogP contribution in [-0.2, 0) is 19.2 Å². The van der Waals surface area contributed by atoms with Crippen LogP contribution in [0.4, 0.5) is 5.69 Å². The van der Waals surface area contributed by atoms with Crippen LogP contribution in [0.15, 0.2) is 76.6 Å². The molecular weight excluding hydrogens is 639 g/mol. The summed E-state index contributed by atoms with van der Waals surface area (Å²) >= 11 is 2.76. The summed E-state index contributed by atoms with van der Waals surface area (Å²) in [7, 11) is 0. The molecule has 1 saturated heterocycles. The van der Waals surface area contributed by atoms with Crippen LogP contribution in [0, 0.1) is 29.6 Å². The van der Waals surface area contributed by atoms with Crippen molar-refractivity contribution in [1.29, 1.82) is 0 Å². The predicted octanol–water partition coefficient (Wildman–Crippen LogP) is 4.95. The highest BCUT2D eigenvalue weighted by atomic mass is 32.2. The molecule has 7 atom stereocenters. The van der Waals surface area contributed by atoms with E-state index in [9.17, 15) is 24.0 Å². The van der Waals surface area contributed by atoms with Gasteiger partial charge in [-0.15, -0.1) is 11.8 Å². The molecule has 8 rings (SSSR count). The molecule has 12 heteroatoms. The second kappa shape index (κ2) is 11.7. The highest BCUT2D eigenvalue weighted by Crippen LogP contribution is 2.69. The van der Waals surface area contributed by atoms with Gasteiger partial charge in [0.1, 0.15) is 5.75 Å². The maximum Gasteiger partial charge on any atom is 0.305 e. The smallest absolute Gasteiger partial charge is 0.305 e. The van der Waals surface area contributed by atoms with E-state index in [0.29, 0.717) is 11.4 Å². The standard InChI is InChI=1S/C35H31N3O7S2/c39-24(36-19-12-11-17-6-1-2-7-18(17)14-19)16-45-23-9-4-3-8-20(23)26-27-21-15-22(30(27)46-32-31(26)47-35(44)37-32)29-28(21)33(42)38(34(29)43)13-5-10-25(40)41/h1-4,6-9,11-12,14,21-22,26-30H,5,10,13,15-16H2,(H,36,39)(H,37,44)(H,40,41)/t21?,22?,26-,27?,28?,29?,30?/m1/s1. The largest absolute Gasteiger partial charge is 0.483 e. The molecule has 4 aromatic rings. The Balaban J connectivity index is 1.07. The van der Waals surface area contributed by atoms with Crippen LogP contribution >= 0.6 is 23.1 Å². The fourth-order valence-corrected chi connectivity index (χ4v) is 11.4. The van der Waals surface area contributed by atoms with Crippen LogP contribution in [0.5, 0.6) is 5.75 Å². The van der Waals surface area contributed by atoms with Crippen LogP contribution < -0.4 is 14.9 Å². The van der Waals surface area contributed by atoms with Crippen molar-refractivity contribution in [1.82, 2.24) is 9.88 Å². The molecule has 240 valence electrons. The number of aromatic amines is 1. The van der Waals surface area contributed by atoms with E-state index in [2.05, 4.69) is 10.3 Å². The van der Waals surface area contributed by atoms with Gasteiger partial charge in [-0.1, -0.05) is 59.9 Å². The van der Waals surface area contributed by atoms with Crippen molar-refractivity contribution in [2.45, 2.75) is 35.5 Å². The lowest BCUT2D eigenvalue weighted by atomic mass is 9.68. The Hall–Kier alpha value is -4.42. The van der Waals surface area contributed by atoms with Gasteiger partial charge in [0, 0.05) is 40.3 Å². The van der Waals surface area contributed by atoms with Gasteiger partial charge in [0.2, 0.25) is 11.8 Å². The van der Waals surface area contributed by atoms with Crippen molar-refractivity contribution >= 4 is 63.2 Å². The van der Waals surface area contributed by atoms with Gasteiger partial charge in [-0.05, 0) is 59.6 Å². The number of fused-ring (bicyclic) bond motifs is 10. The van der Waals surface area contributed by atoms with Gasteiger partial charge in [0.15, 0.2) is 6.61 Å². The summed E-state index contributed by atoms with van der Waals surface area (Å²) in [6.45, 7) is -0.106. The number of carbonyl (C=O) groups is 4. The number of aromatic nitrogens is 1. The lowest BCUT2D eigenvalue weighted by Crippen LogP contribution is -2.42. The Morgan fingerprint density at radius 3 is 2.51 bits per heavy atom. The molecule has 10 nitrogen and oxygen atoms in total. The molecule has 6 unspecified atom stereocenters. The second-order valence-corrected chi connectivity index (χ2v) is 14.9. The van der Waals surface area contributed by atoms with E-state index in [-0.39, 0.29) is 77.5 Å². The van der Waals surface area contributed by atoms with Crippen LogP contribution in [0.3, 0.4) is 0 Å². The number of anilines is 1. The van der Waals surface area contributed by atoms with Crippen molar-refractivity contribution in [2.75, 3.05) is 18.5 Å². The SMILES string of the molecule is O=C(O)CCCN1C(=O)C2C3CC(C2C1=O)C1C3Sc2[nH]c(=O)sc2[C@@H]1c1ccccc1OCC(=O)Nc1ccc2ccccc2c1. The van der Waals surface area contributed by atoms with E-state index < -0.39 is 17.8 Å². The Kier molecular flexibility index (Phi) is 7.44. The first-order chi connectivity index (χ1) is 22.8. The molecule has 2 bridgehead atoms. The predicted molar refractivity (Wildman–Crippen MR) is 177 cm³/mol.